The molecule has 5 heteroatoms. The van der Waals surface area contributed by atoms with Crippen LogP contribution in [0.4, 0.5) is 0 Å². The van der Waals surface area contributed by atoms with Gasteiger partial charge in [-0.1, -0.05) is 0 Å². The highest BCUT2D eigenvalue weighted by molar-refractivity contribution is 4.81. The van der Waals surface area contributed by atoms with E-state index in [0.29, 0.717) is 0 Å². The Morgan fingerprint density at radius 3 is 2.00 bits per heavy atom. The second kappa shape index (κ2) is 6.12. The summed E-state index contributed by atoms with van der Waals surface area (Å²) in [5.41, 5.74) is 8.19. The highest BCUT2D eigenvalue weighted by atomic mass is 16.6. The van der Waals surface area contributed by atoms with E-state index in [-0.39, 0.29) is 12.2 Å². The van der Waals surface area contributed by atoms with E-state index in [0.717, 1.165) is 37.5 Å². The lowest BCUT2D eigenvalue weighted by Crippen LogP contribution is -2.29. The van der Waals surface area contributed by atoms with Gasteiger partial charge in [-0.15, -0.1) is 0 Å². The van der Waals surface area contributed by atoms with Crippen LogP contribution in [0, 0.1) is 11.8 Å². The van der Waals surface area contributed by atoms with E-state index in [2.05, 4.69) is 10.2 Å². The zero-order valence-corrected chi connectivity index (χ0v) is 10.2. The summed E-state index contributed by atoms with van der Waals surface area (Å²) in [7, 11) is 0. The topological polar surface area (TPSA) is 78.2 Å². The molecule has 0 aromatic heterocycles. The molecule has 1 N–H and O–H groups in total. The number of hydrogen-bond acceptors (Lipinski definition) is 3. The van der Waals surface area contributed by atoms with Crippen LogP contribution in [0.2, 0.25) is 0 Å². The first-order valence-corrected chi connectivity index (χ1v) is 6.68. The van der Waals surface area contributed by atoms with E-state index in [1.807, 2.05) is 0 Å². The van der Waals surface area contributed by atoms with Crippen LogP contribution in [0.3, 0.4) is 0 Å². The van der Waals surface area contributed by atoms with Gasteiger partial charge in [0.15, 0.2) is 0 Å². The van der Waals surface area contributed by atoms with Crippen molar-refractivity contribution >= 4 is 0 Å². The predicted molar refractivity (Wildman–Crippen MR) is 63.9 cm³/mol. The van der Waals surface area contributed by atoms with Gasteiger partial charge in [0.1, 0.15) is 11.4 Å². The van der Waals surface area contributed by atoms with E-state index < -0.39 is 0 Å². The number of aliphatic hydroxyl groups is 1. The smallest absolute Gasteiger partial charge is 0.111 e. The van der Waals surface area contributed by atoms with Gasteiger partial charge >= 0.3 is 0 Å². The Morgan fingerprint density at radius 1 is 0.941 bits per heavy atom. The first-order valence-electron chi connectivity index (χ1n) is 6.68. The minimum absolute atomic E-state index is 0.0594. The summed E-state index contributed by atoms with van der Waals surface area (Å²) in [5, 5.41) is 12.7. The Morgan fingerprint density at radius 2 is 1.47 bits per heavy atom. The van der Waals surface area contributed by atoms with Gasteiger partial charge < -0.3 is 9.94 Å². The highest BCUT2D eigenvalue weighted by Crippen LogP contribution is 2.38. The summed E-state index contributed by atoms with van der Waals surface area (Å²) in [6.45, 7) is 0. The minimum Gasteiger partial charge on any atom is -0.430 e. The molecular weight excluding hydrogens is 218 g/mol. The number of hydrogen-bond donors (Lipinski definition) is 1. The summed E-state index contributed by atoms with van der Waals surface area (Å²) in [6.07, 6.45) is 8.71. The molecule has 5 nitrogen and oxygen atoms in total. The molecule has 0 atom stereocenters. The molecule has 2 rings (SSSR count). The van der Waals surface area contributed by atoms with E-state index in [1.165, 1.54) is 25.7 Å². The molecule has 0 aromatic carbocycles. The average Bonchev–Trinajstić information content (AvgIpc) is 2.38. The van der Waals surface area contributed by atoms with E-state index in [4.69, 9.17) is 10.4 Å². The third-order valence-electron chi connectivity index (χ3n) is 4.36. The summed E-state index contributed by atoms with van der Waals surface area (Å²) < 4.78 is 0. The van der Waals surface area contributed by atoms with Crippen LogP contribution in [-0.2, 0) is 4.84 Å². The molecule has 2 aliphatic carbocycles. The monoisotopic (exact) mass is 239 g/mol. The van der Waals surface area contributed by atoms with Crippen molar-refractivity contribution < 1.29 is 9.94 Å². The van der Waals surface area contributed by atoms with Crippen molar-refractivity contribution in [2.24, 2.45) is 17.1 Å². The van der Waals surface area contributed by atoms with Gasteiger partial charge in [0.25, 0.3) is 0 Å². The fourth-order valence-corrected chi connectivity index (χ4v) is 3.33. The summed E-state index contributed by atoms with van der Waals surface area (Å²) in [6, 6.07) is 0. The van der Waals surface area contributed by atoms with Crippen LogP contribution in [0.25, 0.3) is 10.4 Å². The Labute approximate surface area is 102 Å². The van der Waals surface area contributed by atoms with Crippen LogP contribution in [0.5, 0.6) is 0 Å². The van der Waals surface area contributed by atoms with Crippen molar-refractivity contribution in [3.05, 3.63) is 10.4 Å². The molecule has 0 spiro atoms. The summed E-state index contributed by atoms with van der Waals surface area (Å²) in [4.78, 5) is 7.68. The van der Waals surface area contributed by atoms with Gasteiger partial charge in [0.05, 0.1) is 6.10 Å². The molecule has 0 aromatic rings. The SMILES string of the molecule is [N-]=[N+]=NOC1CCC(C2CCC(O)CC2)CC1. The third-order valence-corrected chi connectivity index (χ3v) is 4.36. The van der Waals surface area contributed by atoms with Crippen LogP contribution in [-0.4, -0.2) is 17.3 Å². The van der Waals surface area contributed by atoms with E-state index in [1.54, 1.807) is 0 Å². The zero-order valence-electron chi connectivity index (χ0n) is 10.2. The molecule has 0 aliphatic heterocycles. The second-order valence-electron chi connectivity index (χ2n) is 5.38. The molecule has 2 fully saturated rings. The molecule has 0 saturated heterocycles. The van der Waals surface area contributed by atoms with Gasteiger partial charge in [0.2, 0.25) is 0 Å². The lowest BCUT2D eigenvalue weighted by atomic mass is 9.72. The third kappa shape index (κ3) is 3.51. The number of azide groups is 1. The Balaban J connectivity index is 1.73. The lowest BCUT2D eigenvalue weighted by Gasteiger charge is -2.36. The Kier molecular flexibility index (Phi) is 4.51. The number of aliphatic hydroxyl groups excluding tert-OH is 1. The first-order chi connectivity index (χ1) is 8.29. The molecule has 0 bridgehead atoms. The van der Waals surface area contributed by atoms with Crippen molar-refractivity contribution in [1.29, 1.82) is 0 Å². The maximum absolute atomic E-state index is 9.50. The van der Waals surface area contributed by atoms with E-state index in [9.17, 15) is 5.11 Å². The quantitative estimate of drug-likeness (QED) is 0.355. The lowest BCUT2D eigenvalue weighted by molar-refractivity contribution is 0.00316. The fourth-order valence-electron chi connectivity index (χ4n) is 3.33. The number of nitrogens with zero attached hydrogens (tertiary/aromatic N) is 3. The largest absolute Gasteiger partial charge is 0.430 e. The second-order valence-corrected chi connectivity index (χ2v) is 5.38. The zero-order chi connectivity index (χ0) is 12.1. The minimum atomic E-state index is -0.0594. The van der Waals surface area contributed by atoms with Gasteiger partial charge in [-0.3, -0.25) is 0 Å². The molecule has 2 saturated carbocycles. The average molecular weight is 239 g/mol. The molecule has 17 heavy (non-hydrogen) atoms. The van der Waals surface area contributed by atoms with Crippen molar-refractivity contribution in [2.45, 2.75) is 63.6 Å². The molecule has 96 valence electrons. The van der Waals surface area contributed by atoms with Crippen LogP contribution >= 0.6 is 0 Å². The van der Waals surface area contributed by atoms with Gasteiger partial charge in [-0.25, -0.2) is 0 Å². The van der Waals surface area contributed by atoms with Crippen molar-refractivity contribution in [3.63, 3.8) is 0 Å². The van der Waals surface area contributed by atoms with Crippen LogP contribution in [0.15, 0.2) is 5.28 Å². The molecule has 2 aliphatic rings. The Bertz CT molecular complexity index is 275. The van der Waals surface area contributed by atoms with Gasteiger partial charge in [0, 0.05) is 4.91 Å². The molecule has 0 amide bonds. The maximum Gasteiger partial charge on any atom is 0.111 e. The maximum atomic E-state index is 9.50. The van der Waals surface area contributed by atoms with E-state index >= 15 is 0 Å². The molecular formula is C12H21N3O2. The predicted octanol–water partition coefficient (Wildman–Crippen LogP) is 3.34. The van der Waals surface area contributed by atoms with Crippen molar-refractivity contribution in [1.82, 2.24) is 0 Å². The van der Waals surface area contributed by atoms with Crippen molar-refractivity contribution in [3.8, 4) is 0 Å². The van der Waals surface area contributed by atoms with Gasteiger partial charge in [-0.2, -0.15) is 0 Å². The van der Waals surface area contributed by atoms with Crippen molar-refractivity contribution in [2.75, 3.05) is 0 Å². The number of rotatable bonds is 3. The van der Waals surface area contributed by atoms with Crippen LogP contribution in [0.1, 0.15) is 51.4 Å². The standard InChI is InChI=1S/C12H21N3O2/c13-14-15-17-12-7-3-10(4-8-12)9-1-5-11(16)6-2-9/h9-12,16H,1-8H2. The summed E-state index contributed by atoms with van der Waals surface area (Å²) >= 11 is 0. The normalized spacial score (nSPS) is 38.2. The van der Waals surface area contributed by atoms with Gasteiger partial charge in [-0.05, 0) is 68.7 Å². The molecule has 0 unspecified atom stereocenters. The first kappa shape index (κ1) is 12.5. The van der Waals surface area contributed by atoms with Crippen LogP contribution < -0.4 is 0 Å². The highest BCUT2D eigenvalue weighted by Gasteiger charge is 2.30. The summed E-state index contributed by atoms with van der Waals surface area (Å²) in [5.74, 6) is 1.58. The fraction of sp³-hybridized carbons (Fsp3) is 1.00. The molecule has 0 radical (unpaired) electrons. The molecule has 0 heterocycles. The Hall–Kier alpha value is -0.930.